The largest absolute Gasteiger partial charge is 0.360 e. The fraction of sp³-hybridized carbons (Fsp3) is 0.333. The molecule has 1 aromatic heterocycles. The average molecular weight is 291 g/mol. The molecule has 20 heavy (non-hydrogen) atoms. The van der Waals surface area contributed by atoms with Crippen molar-refractivity contribution in [2.24, 2.45) is 0 Å². The molecule has 0 saturated heterocycles. The molecule has 1 aliphatic carbocycles. The summed E-state index contributed by atoms with van der Waals surface area (Å²) in [5.74, 6) is 1.01. The lowest BCUT2D eigenvalue weighted by Gasteiger charge is -2.14. The monoisotopic (exact) mass is 290 g/mol. The van der Waals surface area contributed by atoms with Crippen molar-refractivity contribution in [3.05, 3.63) is 52.4 Å². The third kappa shape index (κ3) is 2.70. The molecule has 0 radical (unpaired) electrons. The van der Waals surface area contributed by atoms with E-state index in [0.29, 0.717) is 16.6 Å². The van der Waals surface area contributed by atoms with Gasteiger partial charge in [-0.05, 0) is 31.4 Å². The average Bonchev–Trinajstić information content (AvgIpc) is 3.16. The van der Waals surface area contributed by atoms with E-state index >= 15 is 0 Å². The highest BCUT2D eigenvalue weighted by Crippen LogP contribution is 2.40. The smallest absolute Gasteiger partial charge is 0.273 e. The molecule has 1 aliphatic rings. The van der Waals surface area contributed by atoms with Gasteiger partial charge in [0.2, 0.25) is 0 Å². The molecule has 5 heteroatoms. The summed E-state index contributed by atoms with van der Waals surface area (Å²) >= 11 is 6.12. The second kappa shape index (κ2) is 5.29. The van der Waals surface area contributed by atoms with E-state index in [4.69, 9.17) is 16.1 Å². The number of halogens is 1. The zero-order chi connectivity index (χ0) is 14.1. The summed E-state index contributed by atoms with van der Waals surface area (Å²) in [6, 6.07) is 9.00. The minimum Gasteiger partial charge on any atom is -0.360 e. The SMILES string of the molecule is CC(NC(=O)c1cc(C2CC2)on1)c1ccccc1Cl. The van der Waals surface area contributed by atoms with Gasteiger partial charge in [0, 0.05) is 17.0 Å². The van der Waals surface area contributed by atoms with Gasteiger partial charge in [-0.1, -0.05) is 35.0 Å². The van der Waals surface area contributed by atoms with Crippen LogP contribution in [0.2, 0.25) is 5.02 Å². The zero-order valence-corrected chi connectivity index (χ0v) is 11.9. The van der Waals surface area contributed by atoms with Gasteiger partial charge in [-0.15, -0.1) is 0 Å². The Bertz CT molecular complexity index is 634. The van der Waals surface area contributed by atoms with Crippen molar-refractivity contribution >= 4 is 17.5 Å². The molecule has 0 bridgehead atoms. The standard InChI is InChI=1S/C15H15ClN2O2/c1-9(11-4-2-3-5-12(11)16)17-15(19)13-8-14(20-18-13)10-6-7-10/h2-5,8-10H,6-7H2,1H3,(H,17,19). The molecule has 1 amide bonds. The molecule has 0 spiro atoms. The van der Waals surface area contributed by atoms with Gasteiger partial charge < -0.3 is 9.84 Å². The minimum atomic E-state index is -0.243. The zero-order valence-electron chi connectivity index (χ0n) is 11.1. The van der Waals surface area contributed by atoms with Gasteiger partial charge in [0.25, 0.3) is 5.91 Å². The van der Waals surface area contributed by atoms with Crippen LogP contribution in [0.5, 0.6) is 0 Å². The molecule has 4 nitrogen and oxygen atoms in total. The summed E-state index contributed by atoms with van der Waals surface area (Å²) in [5.41, 5.74) is 1.21. The van der Waals surface area contributed by atoms with Crippen LogP contribution >= 0.6 is 11.6 Å². The Morgan fingerprint density at radius 1 is 1.45 bits per heavy atom. The van der Waals surface area contributed by atoms with Crippen LogP contribution in [0.4, 0.5) is 0 Å². The van der Waals surface area contributed by atoms with Crippen LogP contribution in [0.15, 0.2) is 34.9 Å². The predicted octanol–water partition coefficient (Wildman–Crippen LogP) is 3.70. The Kier molecular flexibility index (Phi) is 3.49. The lowest BCUT2D eigenvalue weighted by Crippen LogP contribution is -2.27. The van der Waals surface area contributed by atoms with Crippen molar-refractivity contribution in [2.45, 2.75) is 31.7 Å². The maximum absolute atomic E-state index is 12.1. The van der Waals surface area contributed by atoms with Gasteiger partial charge in [-0.2, -0.15) is 0 Å². The van der Waals surface area contributed by atoms with Crippen molar-refractivity contribution in [3.63, 3.8) is 0 Å². The minimum absolute atomic E-state index is 0.183. The summed E-state index contributed by atoms with van der Waals surface area (Å²) in [7, 11) is 0. The topological polar surface area (TPSA) is 55.1 Å². The third-order valence-corrected chi connectivity index (χ3v) is 3.80. The molecular weight excluding hydrogens is 276 g/mol. The lowest BCUT2D eigenvalue weighted by atomic mass is 10.1. The number of hydrogen-bond acceptors (Lipinski definition) is 3. The van der Waals surface area contributed by atoms with E-state index in [1.165, 1.54) is 0 Å². The molecule has 2 aromatic rings. The maximum Gasteiger partial charge on any atom is 0.273 e. The molecule has 1 N–H and O–H groups in total. The van der Waals surface area contributed by atoms with Gasteiger partial charge >= 0.3 is 0 Å². The molecule has 3 rings (SSSR count). The number of carbonyl (C=O) groups excluding carboxylic acids is 1. The first kappa shape index (κ1) is 13.2. The Balaban J connectivity index is 1.70. The van der Waals surface area contributed by atoms with Gasteiger partial charge in [-0.3, -0.25) is 4.79 Å². The van der Waals surface area contributed by atoms with Crippen molar-refractivity contribution in [1.82, 2.24) is 10.5 Å². The van der Waals surface area contributed by atoms with Crippen molar-refractivity contribution in [2.75, 3.05) is 0 Å². The first-order valence-corrected chi connectivity index (χ1v) is 7.05. The second-order valence-electron chi connectivity index (χ2n) is 5.11. The highest BCUT2D eigenvalue weighted by molar-refractivity contribution is 6.31. The second-order valence-corrected chi connectivity index (χ2v) is 5.51. The van der Waals surface area contributed by atoms with Crippen LogP contribution in [0.25, 0.3) is 0 Å². The Hall–Kier alpha value is -1.81. The van der Waals surface area contributed by atoms with Gasteiger partial charge in [0.1, 0.15) is 5.76 Å². The quantitative estimate of drug-likeness (QED) is 0.934. The van der Waals surface area contributed by atoms with Crippen LogP contribution in [-0.4, -0.2) is 11.1 Å². The predicted molar refractivity (Wildman–Crippen MR) is 75.8 cm³/mol. The van der Waals surface area contributed by atoms with Crippen LogP contribution in [0, 0.1) is 0 Å². The van der Waals surface area contributed by atoms with Crippen molar-refractivity contribution < 1.29 is 9.32 Å². The van der Waals surface area contributed by atoms with Crippen LogP contribution in [0.1, 0.15) is 53.5 Å². The van der Waals surface area contributed by atoms with Gasteiger partial charge in [0.15, 0.2) is 5.69 Å². The Labute approximate surface area is 122 Å². The molecule has 1 aromatic carbocycles. The van der Waals surface area contributed by atoms with E-state index in [0.717, 1.165) is 24.2 Å². The number of hydrogen-bond donors (Lipinski definition) is 1. The summed E-state index contributed by atoms with van der Waals surface area (Å²) < 4.78 is 5.18. The fourth-order valence-corrected chi connectivity index (χ4v) is 2.43. The van der Waals surface area contributed by atoms with Gasteiger partial charge in [0.05, 0.1) is 6.04 Å². The van der Waals surface area contributed by atoms with Gasteiger partial charge in [-0.25, -0.2) is 0 Å². The molecule has 1 heterocycles. The van der Waals surface area contributed by atoms with Crippen molar-refractivity contribution in [3.8, 4) is 0 Å². The van der Waals surface area contributed by atoms with E-state index < -0.39 is 0 Å². The molecular formula is C15H15ClN2O2. The molecule has 1 unspecified atom stereocenters. The summed E-state index contributed by atoms with van der Waals surface area (Å²) in [4.78, 5) is 12.1. The molecule has 1 atom stereocenters. The Morgan fingerprint density at radius 3 is 2.90 bits per heavy atom. The molecule has 104 valence electrons. The normalized spacial score (nSPS) is 15.9. The number of nitrogens with one attached hydrogen (secondary N) is 1. The summed E-state index contributed by atoms with van der Waals surface area (Å²) in [6.07, 6.45) is 2.23. The number of carbonyl (C=O) groups is 1. The van der Waals surface area contributed by atoms with E-state index in [1.807, 2.05) is 25.1 Å². The third-order valence-electron chi connectivity index (χ3n) is 3.46. The summed E-state index contributed by atoms with van der Waals surface area (Å²) in [6.45, 7) is 1.89. The van der Waals surface area contributed by atoms with E-state index in [1.54, 1.807) is 12.1 Å². The first-order chi connectivity index (χ1) is 9.65. The highest BCUT2D eigenvalue weighted by Gasteiger charge is 2.29. The number of amides is 1. The van der Waals surface area contributed by atoms with Crippen LogP contribution in [0.3, 0.4) is 0 Å². The van der Waals surface area contributed by atoms with Crippen molar-refractivity contribution in [1.29, 1.82) is 0 Å². The van der Waals surface area contributed by atoms with E-state index in [2.05, 4.69) is 10.5 Å². The van der Waals surface area contributed by atoms with E-state index in [-0.39, 0.29) is 11.9 Å². The van der Waals surface area contributed by atoms with Crippen LogP contribution in [-0.2, 0) is 0 Å². The number of aromatic nitrogens is 1. The van der Waals surface area contributed by atoms with E-state index in [9.17, 15) is 4.79 Å². The summed E-state index contributed by atoms with van der Waals surface area (Å²) in [5, 5.41) is 7.34. The van der Waals surface area contributed by atoms with Crippen LogP contribution < -0.4 is 5.32 Å². The first-order valence-electron chi connectivity index (χ1n) is 6.67. The number of nitrogens with zero attached hydrogens (tertiary/aromatic N) is 1. The molecule has 0 aliphatic heterocycles. The highest BCUT2D eigenvalue weighted by atomic mass is 35.5. The Morgan fingerprint density at radius 2 is 2.20 bits per heavy atom. The maximum atomic E-state index is 12.1. The molecule has 1 fully saturated rings. The molecule has 1 saturated carbocycles. The number of benzene rings is 1. The lowest BCUT2D eigenvalue weighted by molar-refractivity contribution is 0.0930. The number of rotatable bonds is 4. The fourth-order valence-electron chi connectivity index (χ4n) is 2.13.